The molecule has 3 aromatic rings. The van der Waals surface area contributed by atoms with Crippen LogP contribution in [0.2, 0.25) is 0 Å². The molecule has 0 aromatic heterocycles. The van der Waals surface area contributed by atoms with E-state index >= 15 is 0 Å². The second-order valence-electron chi connectivity index (χ2n) is 6.37. The van der Waals surface area contributed by atoms with Crippen molar-refractivity contribution in [3.05, 3.63) is 91.0 Å². The number of hydrogen-bond acceptors (Lipinski definition) is 2. The number of unbranched alkanes of at least 4 members (excludes halogenated alkanes) is 1. The van der Waals surface area contributed by atoms with E-state index in [9.17, 15) is 9.90 Å². The maximum absolute atomic E-state index is 10.8. The number of carbonyl (C=O) groups is 1. The Morgan fingerprint density at radius 2 is 1.04 bits per heavy atom. The number of aliphatic carboxylic acids is 1. The van der Waals surface area contributed by atoms with Crippen molar-refractivity contribution in [2.24, 2.45) is 0 Å². The Morgan fingerprint density at radius 1 is 0.667 bits per heavy atom. The van der Waals surface area contributed by atoms with Crippen molar-refractivity contribution in [1.29, 1.82) is 0 Å². The molecule has 0 unspecified atom stereocenters. The van der Waals surface area contributed by atoms with Crippen LogP contribution in [0.1, 0.15) is 19.3 Å². The largest absolute Gasteiger partial charge is 0.550 e. The van der Waals surface area contributed by atoms with Crippen molar-refractivity contribution in [2.75, 3.05) is 6.16 Å². The molecule has 27 heavy (non-hydrogen) atoms. The third-order valence-electron chi connectivity index (χ3n) is 4.72. The van der Waals surface area contributed by atoms with Gasteiger partial charge in [0, 0.05) is 35.5 Å². The maximum Gasteiger partial charge on any atom is 0.112 e. The number of carbonyl (C=O) groups excluding carboxylic acids is 1. The van der Waals surface area contributed by atoms with Crippen LogP contribution in [0.25, 0.3) is 0 Å². The summed E-state index contributed by atoms with van der Waals surface area (Å²) < 4.78 is 0. The summed E-state index contributed by atoms with van der Waals surface area (Å²) in [6, 6.07) is 32.0. The molecule has 0 N–H and O–H groups in total. The van der Waals surface area contributed by atoms with Crippen LogP contribution in [0.5, 0.6) is 0 Å². The van der Waals surface area contributed by atoms with E-state index in [2.05, 4.69) is 72.8 Å². The fraction of sp³-hybridized carbons (Fsp3) is 0.174. The number of carboxylic acid groups (broad SMARTS) is 1. The minimum Gasteiger partial charge on any atom is -0.550 e. The molecular weight excluding hydrogens is 362 g/mol. The molecule has 3 rings (SSSR count). The molecule has 0 amide bonds. The van der Waals surface area contributed by atoms with E-state index in [4.69, 9.17) is 0 Å². The number of rotatable bonds is 8. The molecule has 0 saturated heterocycles. The molecule has 0 aliphatic heterocycles. The third-order valence-corrected chi connectivity index (χ3v) is 9.24. The summed E-state index contributed by atoms with van der Waals surface area (Å²) in [6.07, 6.45) is 2.59. The van der Waals surface area contributed by atoms with Crippen LogP contribution in [-0.2, 0) is 4.79 Å². The fourth-order valence-corrected chi connectivity index (χ4v) is 7.91. The Balaban J connectivity index is 0.00000261. The summed E-state index contributed by atoms with van der Waals surface area (Å²) in [7, 11) is -1.83. The first-order chi connectivity index (χ1) is 12.7. The zero-order valence-corrected chi connectivity index (χ0v) is 18.6. The normalized spacial score (nSPS) is 10.8. The summed E-state index contributed by atoms with van der Waals surface area (Å²) >= 11 is 0. The third kappa shape index (κ3) is 5.30. The summed E-state index contributed by atoms with van der Waals surface area (Å²) in [5.74, 6) is -0.965. The SMILES string of the molecule is O=C([O-])CCCC[P+](c1ccccc1)(c1ccccc1)c1ccccc1.[Na]. The van der Waals surface area contributed by atoms with Crippen molar-refractivity contribution in [3.63, 3.8) is 0 Å². The summed E-state index contributed by atoms with van der Waals surface area (Å²) in [5.41, 5.74) is 0. The minimum absolute atomic E-state index is 0. The van der Waals surface area contributed by atoms with Gasteiger partial charge in [0.15, 0.2) is 0 Å². The Labute approximate surface area is 184 Å². The molecule has 0 aliphatic carbocycles. The second-order valence-corrected chi connectivity index (χ2v) is 9.99. The maximum atomic E-state index is 10.8. The van der Waals surface area contributed by atoms with Crippen molar-refractivity contribution in [1.82, 2.24) is 0 Å². The van der Waals surface area contributed by atoms with Gasteiger partial charge in [0.05, 0.1) is 6.16 Å². The molecule has 0 heterocycles. The number of hydrogen-bond donors (Lipinski definition) is 0. The standard InChI is InChI=1S/C23H23O2P.Na/c24-23(25)18-10-11-19-26(20-12-4-1-5-13-20,21-14-6-2-7-15-21)22-16-8-3-9-17-22;/h1-9,12-17H,10-11,18-19H2;. The molecule has 133 valence electrons. The number of carboxylic acids is 1. The fourth-order valence-electron chi connectivity index (χ4n) is 3.50. The first-order valence-electron chi connectivity index (χ1n) is 8.98. The van der Waals surface area contributed by atoms with Crippen LogP contribution in [0, 0.1) is 0 Å². The molecule has 2 nitrogen and oxygen atoms in total. The van der Waals surface area contributed by atoms with E-state index < -0.39 is 13.2 Å². The van der Waals surface area contributed by atoms with Crippen molar-refractivity contribution >= 4 is 58.7 Å². The molecule has 1 radical (unpaired) electrons. The van der Waals surface area contributed by atoms with Crippen molar-refractivity contribution in [2.45, 2.75) is 19.3 Å². The van der Waals surface area contributed by atoms with Gasteiger partial charge in [-0.3, -0.25) is 0 Å². The van der Waals surface area contributed by atoms with Crippen LogP contribution in [0.3, 0.4) is 0 Å². The molecule has 0 saturated carbocycles. The van der Waals surface area contributed by atoms with Gasteiger partial charge in [-0.1, -0.05) is 54.6 Å². The summed E-state index contributed by atoms with van der Waals surface area (Å²) in [5, 5.41) is 14.8. The van der Waals surface area contributed by atoms with Crippen LogP contribution in [0.15, 0.2) is 91.0 Å². The zero-order chi connectivity index (χ0) is 18.2. The van der Waals surface area contributed by atoms with E-state index in [1.165, 1.54) is 15.9 Å². The van der Waals surface area contributed by atoms with Crippen LogP contribution in [-0.4, -0.2) is 41.7 Å². The van der Waals surface area contributed by atoms with E-state index in [-0.39, 0.29) is 36.0 Å². The van der Waals surface area contributed by atoms with E-state index in [0.29, 0.717) is 6.42 Å². The van der Waals surface area contributed by atoms with Gasteiger partial charge in [0.1, 0.15) is 23.2 Å². The summed E-state index contributed by atoms with van der Waals surface area (Å²) in [4.78, 5) is 10.8. The van der Waals surface area contributed by atoms with E-state index in [1.807, 2.05) is 18.2 Å². The van der Waals surface area contributed by atoms with Gasteiger partial charge in [0.25, 0.3) is 0 Å². The van der Waals surface area contributed by atoms with Gasteiger partial charge in [-0.25, -0.2) is 0 Å². The van der Waals surface area contributed by atoms with Gasteiger partial charge in [-0.2, -0.15) is 0 Å². The zero-order valence-electron chi connectivity index (χ0n) is 15.8. The van der Waals surface area contributed by atoms with Crippen molar-refractivity contribution in [3.8, 4) is 0 Å². The topological polar surface area (TPSA) is 40.1 Å². The number of benzene rings is 3. The van der Waals surface area contributed by atoms with Gasteiger partial charge >= 0.3 is 0 Å². The van der Waals surface area contributed by atoms with Gasteiger partial charge in [0.2, 0.25) is 0 Å². The van der Waals surface area contributed by atoms with Crippen LogP contribution < -0.4 is 21.0 Å². The predicted octanol–water partition coefficient (Wildman–Crippen LogP) is 2.52. The summed E-state index contributed by atoms with van der Waals surface area (Å²) in [6.45, 7) is 0. The van der Waals surface area contributed by atoms with E-state index in [0.717, 1.165) is 12.6 Å². The van der Waals surface area contributed by atoms with Gasteiger partial charge < -0.3 is 9.90 Å². The molecule has 3 aromatic carbocycles. The molecule has 0 fully saturated rings. The molecule has 0 spiro atoms. The van der Waals surface area contributed by atoms with Crippen molar-refractivity contribution < 1.29 is 9.90 Å². The smallest absolute Gasteiger partial charge is 0.112 e. The van der Waals surface area contributed by atoms with Gasteiger partial charge in [-0.15, -0.1) is 0 Å². The average Bonchev–Trinajstić information content (AvgIpc) is 2.70. The molecule has 4 heteroatoms. The molecule has 0 bridgehead atoms. The Bertz CT molecular complexity index is 726. The van der Waals surface area contributed by atoms with Crippen LogP contribution in [0.4, 0.5) is 0 Å². The first kappa shape index (κ1) is 21.9. The van der Waals surface area contributed by atoms with Crippen LogP contribution >= 0.6 is 7.26 Å². The Hall–Kier alpha value is -1.44. The van der Waals surface area contributed by atoms with Gasteiger partial charge in [-0.05, 0) is 55.7 Å². The molecule has 0 aliphatic rings. The second kappa shape index (κ2) is 10.8. The Morgan fingerprint density at radius 3 is 1.37 bits per heavy atom. The quantitative estimate of drug-likeness (QED) is 0.340. The average molecular weight is 385 g/mol. The minimum atomic E-state index is -1.83. The Kier molecular flexibility index (Phi) is 8.73. The first-order valence-corrected chi connectivity index (χ1v) is 11.0. The van der Waals surface area contributed by atoms with E-state index in [1.54, 1.807) is 0 Å². The predicted molar refractivity (Wildman–Crippen MR) is 115 cm³/mol. The monoisotopic (exact) mass is 385 g/mol. The molecular formula is C23H23NaO2P. The molecule has 0 atom stereocenters.